The molecule has 5 nitrogen and oxygen atoms in total. The van der Waals surface area contributed by atoms with Gasteiger partial charge in [0.2, 0.25) is 5.69 Å². The molecule has 4 aliphatic rings. The highest BCUT2D eigenvalue weighted by atomic mass is 19.4. The van der Waals surface area contributed by atoms with Gasteiger partial charge in [-0.3, -0.25) is 9.48 Å². The third-order valence-corrected chi connectivity index (χ3v) is 10.1. The SMILES string of the molecule is [C-]#[N+]c1cnn(CC(=O)[C@H]2[C@@H](C(F)(F)F)CC3C4CC[C@@H]5C[C@](C)(O)CC[C@@H]5C4CC[C@@]32C)c1. The maximum Gasteiger partial charge on any atom is 0.392 e. The molecular weight excluding hydrogens is 443 g/mol. The van der Waals surface area contributed by atoms with Gasteiger partial charge < -0.3 is 5.11 Å². The minimum atomic E-state index is -4.41. The number of carbonyl (C=O) groups is 1. The second-order valence-electron chi connectivity index (χ2n) is 12.1. The van der Waals surface area contributed by atoms with E-state index in [1.807, 2.05) is 13.8 Å². The molecule has 1 aromatic rings. The Kier molecular flexibility index (Phi) is 5.66. The van der Waals surface area contributed by atoms with Crippen LogP contribution in [0.5, 0.6) is 0 Å². The predicted octanol–water partition coefficient (Wildman–Crippen LogP) is 5.81. The molecule has 0 saturated heterocycles. The van der Waals surface area contributed by atoms with E-state index in [0.29, 0.717) is 24.2 Å². The summed E-state index contributed by atoms with van der Waals surface area (Å²) in [5, 5.41) is 14.6. The van der Waals surface area contributed by atoms with Crippen molar-refractivity contribution in [2.45, 2.75) is 83.5 Å². The van der Waals surface area contributed by atoms with Crippen LogP contribution in [-0.2, 0) is 11.3 Å². The van der Waals surface area contributed by atoms with Crippen LogP contribution < -0.4 is 0 Å². The first-order valence-electron chi connectivity index (χ1n) is 12.6. The van der Waals surface area contributed by atoms with Crippen LogP contribution >= 0.6 is 0 Å². The number of nitrogens with zero attached hydrogens (tertiary/aromatic N) is 3. The molecule has 3 unspecified atom stereocenters. The van der Waals surface area contributed by atoms with Crippen molar-refractivity contribution in [2.24, 2.45) is 46.8 Å². The summed E-state index contributed by atoms with van der Waals surface area (Å²) in [5.74, 6) is -1.62. The van der Waals surface area contributed by atoms with Crippen molar-refractivity contribution in [3.05, 3.63) is 23.8 Å². The Labute approximate surface area is 198 Å². The number of fused-ring (bicyclic) bond motifs is 5. The molecule has 0 aliphatic heterocycles. The zero-order valence-electron chi connectivity index (χ0n) is 19.9. The molecule has 0 amide bonds. The number of Topliss-reactive ketones (excluding diaryl/α,β-unsaturated/α-hetero) is 1. The summed E-state index contributed by atoms with van der Waals surface area (Å²) in [6, 6.07) is 0. The average Bonchev–Trinajstić information content (AvgIpc) is 3.33. The molecule has 1 aromatic heterocycles. The monoisotopic (exact) mass is 477 g/mol. The third kappa shape index (κ3) is 3.88. The van der Waals surface area contributed by atoms with Gasteiger partial charge in [0, 0.05) is 12.1 Å². The van der Waals surface area contributed by atoms with Gasteiger partial charge in [0.05, 0.1) is 30.8 Å². The molecule has 0 bridgehead atoms. The van der Waals surface area contributed by atoms with Gasteiger partial charge in [0.15, 0.2) is 5.78 Å². The van der Waals surface area contributed by atoms with Crippen molar-refractivity contribution in [2.75, 3.05) is 0 Å². The van der Waals surface area contributed by atoms with Gasteiger partial charge >= 0.3 is 6.18 Å². The first kappa shape index (κ1) is 23.8. The van der Waals surface area contributed by atoms with Crippen molar-refractivity contribution in [1.29, 1.82) is 0 Å². The minimum Gasteiger partial charge on any atom is -0.390 e. The van der Waals surface area contributed by atoms with Gasteiger partial charge in [-0.05, 0) is 93.3 Å². The number of aliphatic hydroxyl groups is 1. The lowest BCUT2D eigenvalue weighted by molar-refractivity contribution is -0.191. The van der Waals surface area contributed by atoms with Crippen molar-refractivity contribution in [3.63, 3.8) is 0 Å². The summed E-state index contributed by atoms with van der Waals surface area (Å²) in [7, 11) is 0. The highest BCUT2D eigenvalue weighted by Gasteiger charge is 2.66. The summed E-state index contributed by atoms with van der Waals surface area (Å²) in [6.45, 7) is 10.7. The predicted molar refractivity (Wildman–Crippen MR) is 120 cm³/mol. The lowest BCUT2D eigenvalue weighted by Crippen LogP contribution is -2.51. The van der Waals surface area contributed by atoms with Crippen molar-refractivity contribution in [1.82, 2.24) is 9.78 Å². The number of halogens is 3. The summed E-state index contributed by atoms with van der Waals surface area (Å²) >= 11 is 0. The Morgan fingerprint density at radius 3 is 2.62 bits per heavy atom. The number of hydrogen-bond acceptors (Lipinski definition) is 3. The Bertz CT molecular complexity index is 996. The second kappa shape index (κ2) is 8.08. The first-order valence-corrected chi connectivity index (χ1v) is 12.6. The zero-order chi connectivity index (χ0) is 24.5. The van der Waals surface area contributed by atoms with E-state index in [9.17, 15) is 23.1 Å². The highest BCUT2D eigenvalue weighted by molar-refractivity contribution is 5.82. The molecule has 4 saturated carbocycles. The van der Waals surface area contributed by atoms with E-state index in [1.165, 1.54) is 17.1 Å². The largest absolute Gasteiger partial charge is 0.392 e. The van der Waals surface area contributed by atoms with Crippen molar-refractivity contribution in [3.8, 4) is 0 Å². The van der Waals surface area contributed by atoms with Crippen LogP contribution in [0.1, 0.15) is 65.2 Å². The molecular formula is C26H34F3N3O2. The van der Waals surface area contributed by atoms with Crippen LogP contribution in [0.3, 0.4) is 0 Å². The Hall–Kier alpha value is -1.88. The Morgan fingerprint density at radius 1 is 1.21 bits per heavy atom. The van der Waals surface area contributed by atoms with Gasteiger partial charge in [-0.25, -0.2) is 4.85 Å². The smallest absolute Gasteiger partial charge is 0.390 e. The fourth-order valence-electron chi connectivity index (χ4n) is 8.80. The quantitative estimate of drug-likeness (QED) is 0.559. The minimum absolute atomic E-state index is 0.0408. The highest BCUT2D eigenvalue weighted by Crippen LogP contribution is 2.67. The zero-order valence-corrected chi connectivity index (χ0v) is 19.9. The molecule has 0 aromatic carbocycles. The number of rotatable bonds is 3. The number of aromatic nitrogens is 2. The number of hydrogen-bond donors (Lipinski definition) is 1. The van der Waals surface area contributed by atoms with Gasteiger partial charge in [0.25, 0.3) is 0 Å². The molecule has 34 heavy (non-hydrogen) atoms. The first-order chi connectivity index (χ1) is 15.9. The number of ketones is 1. The van der Waals surface area contributed by atoms with Crippen LogP contribution in [-0.4, -0.2) is 32.4 Å². The van der Waals surface area contributed by atoms with Gasteiger partial charge in [-0.1, -0.05) is 6.92 Å². The van der Waals surface area contributed by atoms with Crippen molar-refractivity contribution >= 4 is 11.5 Å². The summed E-state index contributed by atoms with van der Waals surface area (Å²) in [5.41, 5.74) is -1.01. The number of carbonyl (C=O) groups excluding carboxylic acids is 1. The maximum atomic E-state index is 14.3. The molecule has 4 fully saturated rings. The van der Waals surface area contributed by atoms with E-state index >= 15 is 0 Å². The third-order valence-electron chi connectivity index (χ3n) is 10.1. The lowest BCUT2D eigenvalue weighted by Gasteiger charge is -2.56. The van der Waals surface area contributed by atoms with E-state index in [4.69, 9.17) is 6.57 Å². The molecule has 8 heteroatoms. The normalized spacial score (nSPS) is 44.0. The summed E-state index contributed by atoms with van der Waals surface area (Å²) in [4.78, 5) is 16.7. The summed E-state index contributed by atoms with van der Waals surface area (Å²) in [6.07, 6.45) is 4.31. The molecule has 1 N–H and O–H groups in total. The van der Waals surface area contributed by atoms with E-state index in [2.05, 4.69) is 9.94 Å². The van der Waals surface area contributed by atoms with Crippen LogP contribution in [0.4, 0.5) is 18.9 Å². The number of alkyl halides is 3. The van der Waals surface area contributed by atoms with E-state index in [1.54, 1.807) is 0 Å². The molecule has 186 valence electrons. The van der Waals surface area contributed by atoms with Crippen LogP contribution in [0, 0.1) is 53.4 Å². The fraction of sp³-hybridized carbons (Fsp3) is 0.808. The molecule has 9 atom stereocenters. The molecule has 1 heterocycles. The van der Waals surface area contributed by atoms with E-state index in [0.717, 1.165) is 38.5 Å². The second-order valence-corrected chi connectivity index (χ2v) is 12.1. The molecule has 5 rings (SSSR count). The van der Waals surface area contributed by atoms with Crippen molar-refractivity contribution < 1.29 is 23.1 Å². The standard InChI is InChI=1S/C26H34F3N3O2/c1-24(34)8-6-17-15(11-24)4-5-19-18(17)7-9-25(2)20(19)10-21(26(27,28)29)23(25)22(33)14-32-13-16(30-3)12-31-32/h12-13,15,17-21,23,34H,4-11,14H2,1-2H3/t15-,17+,18?,19?,20?,21+,23-,24-,25+/m1/s1. The van der Waals surface area contributed by atoms with Crippen LogP contribution in [0.25, 0.3) is 4.85 Å². The average molecular weight is 478 g/mol. The Balaban J connectivity index is 1.41. The van der Waals surface area contributed by atoms with Crippen LogP contribution in [0.15, 0.2) is 12.4 Å². The van der Waals surface area contributed by atoms with Gasteiger partial charge in [-0.15, -0.1) is 0 Å². The van der Waals surface area contributed by atoms with Crippen LogP contribution in [0.2, 0.25) is 0 Å². The van der Waals surface area contributed by atoms with E-state index < -0.39 is 34.8 Å². The molecule has 0 spiro atoms. The van der Waals surface area contributed by atoms with E-state index in [-0.39, 0.29) is 30.5 Å². The van der Waals surface area contributed by atoms with Gasteiger partial charge in [0.1, 0.15) is 0 Å². The van der Waals surface area contributed by atoms with Gasteiger partial charge in [-0.2, -0.15) is 18.3 Å². The fourth-order valence-corrected chi connectivity index (χ4v) is 8.80. The lowest BCUT2D eigenvalue weighted by atomic mass is 9.49. The molecule has 0 radical (unpaired) electrons. The Morgan fingerprint density at radius 2 is 1.94 bits per heavy atom. The summed E-state index contributed by atoms with van der Waals surface area (Å²) < 4.78 is 44.3. The topological polar surface area (TPSA) is 59.5 Å². The molecule has 4 aliphatic carbocycles. The maximum absolute atomic E-state index is 14.3.